The molecule has 0 fully saturated rings. The number of hydrogen-bond donors (Lipinski definition) is 2. The first-order valence-corrected chi connectivity index (χ1v) is 8.58. The average Bonchev–Trinajstić information content (AvgIpc) is 2.97. The maximum atomic E-state index is 12.9. The van der Waals surface area contributed by atoms with Crippen molar-refractivity contribution < 1.29 is 27.2 Å². The first kappa shape index (κ1) is 14.2. The van der Waals surface area contributed by atoms with Gasteiger partial charge in [-0.1, -0.05) is 23.2 Å². The molecule has 0 aliphatic carbocycles. The summed E-state index contributed by atoms with van der Waals surface area (Å²) in [6.45, 7) is 0. The van der Waals surface area contributed by atoms with Crippen molar-refractivity contribution in [3.05, 3.63) is 80.8 Å². The Bertz CT molecular complexity index is 1210. The molecule has 0 amide bonds. The highest BCUT2D eigenvalue weighted by molar-refractivity contribution is 6.43. The predicted molar refractivity (Wildman–Crippen MR) is 98.0 cm³/mol. The second-order valence-electron chi connectivity index (χ2n) is 6.16. The number of fused-ring (bicyclic) bond motifs is 6. The number of esters is 1. The van der Waals surface area contributed by atoms with Crippen molar-refractivity contribution in [2.75, 3.05) is 0 Å². The van der Waals surface area contributed by atoms with Gasteiger partial charge < -0.3 is 19.7 Å². The summed E-state index contributed by atoms with van der Waals surface area (Å²) in [4.78, 5) is 12.9. The molecular weight excluding hydrogens is 391 g/mol. The van der Waals surface area contributed by atoms with E-state index in [1.54, 1.807) is 0 Å². The summed E-state index contributed by atoms with van der Waals surface area (Å²) in [7, 11) is 0. The molecule has 3 aromatic carbocycles. The largest absolute Gasteiger partial charge is 0.508 e. The number of ether oxygens (including phenoxy) is 2. The fraction of sp³-hybridized carbons (Fsp3) is 0.0500. The summed E-state index contributed by atoms with van der Waals surface area (Å²) in [5, 5.41) is 19.5. The Hall–Kier alpha value is -2.89. The van der Waals surface area contributed by atoms with Crippen LogP contribution in [0.4, 0.5) is 0 Å². The molecule has 5 nitrogen and oxygen atoms in total. The summed E-state index contributed by atoms with van der Waals surface area (Å²) in [5.74, 6) is -0.649. The van der Waals surface area contributed by atoms with Gasteiger partial charge in [-0.15, -0.1) is 0 Å². The molecule has 0 saturated carbocycles. The second-order valence-corrected chi connectivity index (χ2v) is 6.92. The maximum Gasteiger partial charge on any atom is 0.340 e. The van der Waals surface area contributed by atoms with Crippen LogP contribution < -0.4 is 4.74 Å². The van der Waals surface area contributed by atoms with Gasteiger partial charge in [-0.2, -0.15) is 0 Å². The third-order valence-corrected chi connectivity index (χ3v) is 5.43. The van der Waals surface area contributed by atoms with E-state index in [1.165, 1.54) is 36.4 Å². The van der Waals surface area contributed by atoms with Crippen LogP contribution in [0.2, 0.25) is 10.0 Å². The molecular formula is C20H10Cl2O5. The van der Waals surface area contributed by atoms with E-state index in [4.69, 9.17) is 35.4 Å². The monoisotopic (exact) mass is 402 g/mol. The fourth-order valence-electron chi connectivity index (χ4n) is 3.59. The van der Waals surface area contributed by atoms with Gasteiger partial charge in [0.25, 0.3) is 0 Å². The van der Waals surface area contributed by atoms with Crippen molar-refractivity contribution in [1.82, 2.24) is 0 Å². The van der Waals surface area contributed by atoms with Gasteiger partial charge in [0.1, 0.15) is 23.0 Å². The smallest absolute Gasteiger partial charge is 0.340 e. The van der Waals surface area contributed by atoms with Crippen molar-refractivity contribution in [2.24, 2.45) is 0 Å². The zero-order valence-corrected chi connectivity index (χ0v) is 14.9. The van der Waals surface area contributed by atoms with Crippen molar-refractivity contribution in [1.29, 1.82) is 0 Å². The highest BCUT2D eigenvalue weighted by Crippen LogP contribution is 2.59. The highest BCUT2D eigenvalue weighted by Gasteiger charge is 2.55. The molecule has 3 aromatic rings. The Morgan fingerprint density at radius 2 is 1.56 bits per heavy atom. The minimum absolute atomic E-state index is 0.0844. The van der Waals surface area contributed by atoms with E-state index in [2.05, 4.69) is 0 Å². The van der Waals surface area contributed by atoms with Crippen LogP contribution in [-0.4, -0.2) is 16.2 Å². The number of rotatable bonds is 0. The van der Waals surface area contributed by atoms with Gasteiger partial charge in [-0.3, -0.25) is 0 Å². The van der Waals surface area contributed by atoms with Gasteiger partial charge in [-0.05, 0) is 36.4 Å². The summed E-state index contributed by atoms with van der Waals surface area (Å²) >= 11 is 12.7. The molecule has 2 aliphatic heterocycles. The van der Waals surface area contributed by atoms with Gasteiger partial charge in [0.05, 0.1) is 18.4 Å². The van der Waals surface area contributed by atoms with E-state index >= 15 is 0 Å². The van der Waals surface area contributed by atoms with Crippen LogP contribution in [-0.2, 0) is 10.3 Å². The van der Waals surface area contributed by atoms with Crippen LogP contribution >= 0.6 is 23.2 Å². The highest BCUT2D eigenvalue weighted by atomic mass is 35.5. The third kappa shape index (κ3) is 2.04. The number of carbonyl (C=O) groups excluding carboxylic acids is 1. The molecule has 2 N–H and O–H groups in total. The van der Waals surface area contributed by atoms with Gasteiger partial charge in [0.2, 0.25) is 0 Å². The normalized spacial score (nSPS) is 16.6. The Labute approximate surface area is 166 Å². The molecule has 1 spiro atoms. The fourth-order valence-corrected chi connectivity index (χ4v) is 4.01. The summed E-state index contributed by atoms with van der Waals surface area (Å²) in [6.07, 6.45) is 0. The molecule has 0 unspecified atom stereocenters. The molecule has 27 heavy (non-hydrogen) atoms. The molecule has 0 aromatic heterocycles. The van der Waals surface area contributed by atoms with Gasteiger partial charge in [0.15, 0.2) is 5.60 Å². The molecule has 0 bridgehead atoms. The van der Waals surface area contributed by atoms with Crippen molar-refractivity contribution in [3.8, 4) is 23.0 Å². The number of aromatic hydroxyl groups is 2. The minimum Gasteiger partial charge on any atom is -0.508 e. The topological polar surface area (TPSA) is 76.0 Å². The van der Waals surface area contributed by atoms with E-state index < -0.39 is 17.6 Å². The van der Waals surface area contributed by atoms with Crippen LogP contribution in [0.3, 0.4) is 0 Å². The van der Waals surface area contributed by atoms with Crippen molar-refractivity contribution in [2.45, 2.75) is 5.60 Å². The molecule has 7 heteroatoms. The quantitative estimate of drug-likeness (QED) is 0.519. The molecule has 2 heterocycles. The van der Waals surface area contributed by atoms with Crippen LogP contribution in [0.5, 0.6) is 23.0 Å². The third-order valence-electron chi connectivity index (χ3n) is 4.67. The average molecular weight is 403 g/mol. The van der Waals surface area contributed by atoms with Crippen molar-refractivity contribution >= 4 is 29.2 Å². The Morgan fingerprint density at radius 1 is 0.963 bits per heavy atom. The Kier molecular flexibility index (Phi) is 2.80. The lowest BCUT2D eigenvalue weighted by Gasteiger charge is -2.36. The zero-order chi connectivity index (χ0) is 20.7. The van der Waals surface area contributed by atoms with Crippen LogP contribution in [0.1, 0.15) is 29.8 Å². The zero-order valence-electron chi connectivity index (χ0n) is 15.3. The maximum absolute atomic E-state index is 12.9. The van der Waals surface area contributed by atoms with Gasteiger partial charge in [0, 0.05) is 28.8 Å². The Morgan fingerprint density at radius 3 is 2.15 bits per heavy atom. The van der Waals surface area contributed by atoms with E-state index in [0.29, 0.717) is 11.1 Å². The van der Waals surface area contributed by atoms with Gasteiger partial charge in [-0.25, -0.2) is 4.79 Å². The molecule has 0 radical (unpaired) electrons. The summed E-state index contributed by atoms with van der Waals surface area (Å²) < 4.78 is 27.9. The predicted octanol–water partition coefficient (Wildman–Crippen LogP) is 4.97. The lowest BCUT2D eigenvalue weighted by Crippen LogP contribution is -2.33. The molecule has 0 atom stereocenters. The molecule has 5 rings (SSSR count). The van der Waals surface area contributed by atoms with Gasteiger partial charge >= 0.3 is 5.97 Å². The first-order valence-electron chi connectivity index (χ1n) is 8.82. The number of halogens is 2. The number of carbonyl (C=O) groups is 1. The van der Waals surface area contributed by atoms with E-state index in [-0.39, 0.29) is 50.2 Å². The molecule has 134 valence electrons. The lowest BCUT2D eigenvalue weighted by atomic mass is 9.77. The standard InChI is InChI=1S/C20H10Cl2O5/c21-14-6-3-11-17(18(14)22)20(27-19(11)25)12-4-1-9(23)7-15(12)26-16-8-10(24)2-5-13(16)20/h1-8,23-24H/i3D,6D. The Balaban J connectivity index is 1.98. The number of phenolic OH excluding ortho intramolecular Hbond substituents is 2. The van der Waals surface area contributed by atoms with Crippen LogP contribution in [0.25, 0.3) is 0 Å². The van der Waals surface area contributed by atoms with Crippen LogP contribution in [0.15, 0.2) is 48.5 Å². The number of phenols is 2. The number of hydrogen-bond acceptors (Lipinski definition) is 5. The van der Waals surface area contributed by atoms with Crippen molar-refractivity contribution in [3.63, 3.8) is 0 Å². The van der Waals surface area contributed by atoms with E-state index in [9.17, 15) is 15.0 Å². The van der Waals surface area contributed by atoms with E-state index in [0.717, 1.165) is 0 Å². The van der Waals surface area contributed by atoms with E-state index in [1.807, 2.05) is 0 Å². The lowest BCUT2D eigenvalue weighted by molar-refractivity contribution is 0.0224. The number of benzene rings is 3. The minimum atomic E-state index is -1.62. The second kappa shape index (κ2) is 5.31. The summed E-state index contributed by atoms with van der Waals surface area (Å²) in [6, 6.07) is 7.74. The first-order chi connectivity index (χ1) is 13.8. The molecule has 2 aliphatic rings. The SMILES string of the molecule is [2H]c1c([2H])c2c(c(Cl)c1Cl)C1(OC2=O)c2ccc(O)cc2Oc2cc(O)ccc21. The van der Waals surface area contributed by atoms with Crippen LogP contribution in [0, 0.1) is 0 Å². The molecule has 0 saturated heterocycles. The summed E-state index contributed by atoms with van der Waals surface area (Å²) in [5.41, 5.74) is -0.950.